The Morgan fingerprint density at radius 2 is 1.90 bits per heavy atom. The first kappa shape index (κ1) is 18.1. The molecule has 0 bridgehead atoms. The molecule has 0 saturated heterocycles. The van der Waals surface area contributed by atoms with Gasteiger partial charge in [-0.25, -0.2) is 8.42 Å². The van der Waals surface area contributed by atoms with Gasteiger partial charge in [-0.15, -0.1) is 0 Å². The van der Waals surface area contributed by atoms with Crippen molar-refractivity contribution in [2.75, 3.05) is 19.5 Å². The Morgan fingerprint density at radius 1 is 1.29 bits per heavy atom. The molecule has 2 N–H and O–H groups in total. The summed E-state index contributed by atoms with van der Waals surface area (Å²) >= 11 is 5.96. The minimum absolute atomic E-state index is 0.0323. The van der Waals surface area contributed by atoms with Crippen molar-refractivity contribution >= 4 is 21.4 Å². The van der Waals surface area contributed by atoms with Gasteiger partial charge in [0.05, 0.1) is 17.6 Å². The molecule has 5 nitrogen and oxygen atoms in total. The van der Waals surface area contributed by atoms with Crippen LogP contribution in [0.4, 0.5) is 0 Å². The van der Waals surface area contributed by atoms with E-state index in [0.717, 1.165) is 0 Å². The second-order valence-corrected chi connectivity index (χ2v) is 8.88. The van der Waals surface area contributed by atoms with Gasteiger partial charge in [-0.05, 0) is 26.8 Å². The second-order valence-electron chi connectivity index (χ2n) is 5.58. The van der Waals surface area contributed by atoms with E-state index in [1.807, 2.05) is 0 Å². The van der Waals surface area contributed by atoms with E-state index in [-0.39, 0.29) is 18.9 Å². The van der Waals surface area contributed by atoms with Crippen molar-refractivity contribution in [2.24, 2.45) is 5.73 Å². The van der Waals surface area contributed by atoms with Gasteiger partial charge in [0, 0.05) is 23.2 Å². The number of hydrogen-bond acceptors (Lipinski definition) is 5. The Balaban J connectivity index is 2.90. The number of benzene rings is 1. The van der Waals surface area contributed by atoms with Crippen LogP contribution in [0.25, 0.3) is 0 Å². The lowest BCUT2D eigenvalue weighted by Gasteiger charge is -2.20. The number of rotatable bonds is 6. The lowest BCUT2D eigenvalue weighted by molar-refractivity contribution is 0.307. The molecular weight excluding hydrogens is 314 g/mol. The molecule has 0 aliphatic rings. The van der Waals surface area contributed by atoms with Crippen molar-refractivity contribution in [3.05, 3.63) is 22.7 Å². The van der Waals surface area contributed by atoms with Gasteiger partial charge in [0.1, 0.15) is 6.61 Å². The maximum Gasteiger partial charge on any atom is 0.165 e. The minimum Gasteiger partial charge on any atom is -0.493 e. The summed E-state index contributed by atoms with van der Waals surface area (Å²) in [6, 6.07) is 3.28. The summed E-state index contributed by atoms with van der Waals surface area (Å²) in [5.41, 5.74) is 6.33. The summed E-state index contributed by atoms with van der Waals surface area (Å²) in [4.78, 5) is 0. The Morgan fingerprint density at radius 3 is 2.38 bits per heavy atom. The average Bonchev–Trinajstić information content (AvgIpc) is 2.38. The normalized spacial score (nSPS) is 12.3. The molecule has 0 aliphatic heterocycles. The van der Waals surface area contributed by atoms with Crippen LogP contribution in [0.5, 0.6) is 11.5 Å². The summed E-state index contributed by atoms with van der Waals surface area (Å²) < 4.78 is 34.1. The van der Waals surface area contributed by atoms with E-state index in [0.29, 0.717) is 22.1 Å². The number of ether oxygens (including phenoxy) is 2. The molecule has 0 aliphatic carbocycles. The first-order valence-electron chi connectivity index (χ1n) is 6.54. The van der Waals surface area contributed by atoms with E-state index < -0.39 is 14.6 Å². The molecule has 7 heteroatoms. The summed E-state index contributed by atoms with van der Waals surface area (Å²) in [6.45, 7) is 5.24. The number of halogens is 1. The molecule has 1 aromatic rings. The van der Waals surface area contributed by atoms with E-state index >= 15 is 0 Å². The Hall–Kier alpha value is -0.980. The molecule has 0 saturated carbocycles. The van der Waals surface area contributed by atoms with Crippen LogP contribution in [-0.4, -0.2) is 32.6 Å². The first-order valence-corrected chi connectivity index (χ1v) is 8.57. The molecule has 1 rings (SSSR count). The van der Waals surface area contributed by atoms with Crippen LogP contribution >= 0.6 is 11.6 Å². The van der Waals surface area contributed by atoms with Crippen molar-refractivity contribution < 1.29 is 17.9 Å². The predicted molar refractivity (Wildman–Crippen MR) is 84.9 cm³/mol. The zero-order valence-electron chi connectivity index (χ0n) is 12.8. The van der Waals surface area contributed by atoms with Crippen LogP contribution in [0.15, 0.2) is 12.1 Å². The summed E-state index contributed by atoms with van der Waals surface area (Å²) in [7, 11) is -1.75. The molecule has 0 fully saturated rings. The van der Waals surface area contributed by atoms with E-state index in [2.05, 4.69) is 0 Å². The highest BCUT2D eigenvalue weighted by molar-refractivity contribution is 7.92. The third kappa shape index (κ3) is 4.49. The van der Waals surface area contributed by atoms with Gasteiger partial charge < -0.3 is 15.2 Å². The van der Waals surface area contributed by atoms with E-state index in [1.165, 1.54) is 7.11 Å². The Labute approximate surface area is 131 Å². The summed E-state index contributed by atoms with van der Waals surface area (Å²) in [6.07, 6.45) is 0. The van der Waals surface area contributed by atoms with Crippen molar-refractivity contribution in [3.63, 3.8) is 0 Å². The van der Waals surface area contributed by atoms with E-state index in [9.17, 15) is 8.42 Å². The molecule has 0 spiro atoms. The van der Waals surface area contributed by atoms with Crippen LogP contribution in [0.1, 0.15) is 26.3 Å². The number of nitrogens with two attached hydrogens (primary N) is 1. The Kier molecular flexibility index (Phi) is 5.90. The Bertz CT molecular complexity index is 568. The molecule has 120 valence electrons. The van der Waals surface area contributed by atoms with Crippen LogP contribution in [-0.2, 0) is 16.4 Å². The lowest BCUT2D eigenvalue weighted by atomic mass is 10.2. The minimum atomic E-state index is -3.24. The van der Waals surface area contributed by atoms with Crippen molar-refractivity contribution in [2.45, 2.75) is 32.1 Å². The van der Waals surface area contributed by atoms with E-state index in [1.54, 1.807) is 32.9 Å². The third-order valence-electron chi connectivity index (χ3n) is 3.07. The maximum absolute atomic E-state index is 12.0. The topological polar surface area (TPSA) is 78.6 Å². The fraction of sp³-hybridized carbons (Fsp3) is 0.571. The van der Waals surface area contributed by atoms with Crippen LogP contribution < -0.4 is 15.2 Å². The van der Waals surface area contributed by atoms with Gasteiger partial charge in [-0.3, -0.25) is 0 Å². The van der Waals surface area contributed by atoms with Crippen LogP contribution in [0.3, 0.4) is 0 Å². The predicted octanol–water partition coefficient (Wildman–Crippen LogP) is 2.40. The zero-order valence-corrected chi connectivity index (χ0v) is 14.3. The fourth-order valence-corrected chi connectivity index (χ4v) is 2.80. The van der Waals surface area contributed by atoms with Crippen molar-refractivity contribution in [1.29, 1.82) is 0 Å². The monoisotopic (exact) mass is 335 g/mol. The summed E-state index contributed by atoms with van der Waals surface area (Å²) in [5.74, 6) is 0.802. The molecule has 0 amide bonds. The van der Waals surface area contributed by atoms with Crippen LogP contribution in [0.2, 0.25) is 5.02 Å². The highest BCUT2D eigenvalue weighted by atomic mass is 35.5. The molecule has 0 radical (unpaired) electrons. The molecular formula is C14H22ClNO4S. The molecule has 0 unspecified atom stereocenters. The van der Waals surface area contributed by atoms with Gasteiger partial charge >= 0.3 is 0 Å². The fourth-order valence-electron chi connectivity index (χ4n) is 1.65. The lowest BCUT2D eigenvalue weighted by Crippen LogP contribution is -2.32. The average molecular weight is 336 g/mol. The van der Waals surface area contributed by atoms with Crippen molar-refractivity contribution in [1.82, 2.24) is 0 Å². The third-order valence-corrected chi connectivity index (χ3v) is 5.86. The molecule has 0 atom stereocenters. The number of sulfone groups is 1. The van der Waals surface area contributed by atoms with Gasteiger partial charge in [-0.2, -0.15) is 0 Å². The second kappa shape index (κ2) is 6.85. The van der Waals surface area contributed by atoms with Gasteiger partial charge in [-0.1, -0.05) is 11.6 Å². The van der Waals surface area contributed by atoms with Gasteiger partial charge in [0.2, 0.25) is 0 Å². The molecule has 21 heavy (non-hydrogen) atoms. The maximum atomic E-state index is 12.0. The number of hydrogen-bond donors (Lipinski definition) is 1. The van der Waals surface area contributed by atoms with Gasteiger partial charge in [0.25, 0.3) is 0 Å². The number of methoxy groups -OCH3 is 1. The van der Waals surface area contributed by atoms with E-state index in [4.69, 9.17) is 26.8 Å². The van der Waals surface area contributed by atoms with Crippen molar-refractivity contribution in [3.8, 4) is 11.5 Å². The van der Waals surface area contributed by atoms with Crippen LogP contribution in [0, 0.1) is 0 Å². The quantitative estimate of drug-likeness (QED) is 0.863. The highest BCUT2D eigenvalue weighted by Gasteiger charge is 2.28. The highest BCUT2D eigenvalue weighted by Crippen LogP contribution is 2.34. The smallest absolute Gasteiger partial charge is 0.165 e. The standard InChI is InChI=1S/C14H22ClNO4S/c1-14(2,3)21(17,18)6-5-20-13-10(9-16)7-11(15)8-12(13)19-4/h7-8H,5-6,9,16H2,1-4H3. The SMILES string of the molecule is COc1cc(Cl)cc(CN)c1OCCS(=O)(=O)C(C)(C)C. The zero-order chi connectivity index (χ0) is 16.3. The first-order chi connectivity index (χ1) is 9.62. The molecule has 0 aromatic heterocycles. The van der Waals surface area contributed by atoms with Gasteiger partial charge in [0.15, 0.2) is 21.3 Å². The molecule has 0 heterocycles. The largest absolute Gasteiger partial charge is 0.493 e. The summed E-state index contributed by atoms with van der Waals surface area (Å²) in [5, 5.41) is 0.488. The molecule has 1 aromatic carbocycles.